The number of nitrogen functional groups attached to an aromatic ring is 2. The van der Waals surface area contributed by atoms with Gasteiger partial charge in [-0.3, -0.25) is 0 Å². The first-order valence-electron chi connectivity index (χ1n) is 3.92. The molecule has 0 aliphatic carbocycles. The van der Waals surface area contributed by atoms with E-state index in [0.29, 0.717) is 5.95 Å². The second kappa shape index (κ2) is 5.48. The number of halogens is 2. The standard InChI is InChI=1S/C9H10N4.2ClH/c10-7-3-1-6(2-4-7)8-5-12-9(11)13-8;;/h1-5H,10H2,(H3,11,12,13);2*1H. The van der Waals surface area contributed by atoms with Crippen LogP contribution in [-0.4, -0.2) is 9.97 Å². The molecule has 0 radical (unpaired) electrons. The van der Waals surface area contributed by atoms with Crippen LogP contribution in [0.25, 0.3) is 11.3 Å². The number of nitrogens with one attached hydrogen (secondary N) is 1. The first kappa shape index (κ1) is 13.6. The molecular formula is C9H12Cl2N4. The van der Waals surface area contributed by atoms with Crippen molar-refractivity contribution in [3.8, 4) is 11.3 Å². The van der Waals surface area contributed by atoms with Gasteiger partial charge >= 0.3 is 0 Å². The van der Waals surface area contributed by atoms with Crippen LogP contribution in [0.4, 0.5) is 11.6 Å². The van der Waals surface area contributed by atoms with E-state index in [1.165, 1.54) is 0 Å². The summed E-state index contributed by atoms with van der Waals surface area (Å²) in [5, 5.41) is 0. The Labute approximate surface area is 99.9 Å². The molecule has 1 aromatic heterocycles. The highest BCUT2D eigenvalue weighted by molar-refractivity contribution is 5.85. The summed E-state index contributed by atoms with van der Waals surface area (Å²) in [5.41, 5.74) is 13.7. The van der Waals surface area contributed by atoms with E-state index in [9.17, 15) is 0 Å². The van der Waals surface area contributed by atoms with Gasteiger partial charge < -0.3 is 16.5 Å². The van der Waals surface area contributed by atoms with Crippen molar-refractivity contribution in [3.05, 3.63) is 30.5 Å². The number of aromatic amines is 1. The number of hydrogen-bond donors (Lipinski definition) is 3. The van der Waals surface area contributed by atoms with Gasteiger partial charge in [0.25, 0.3) is 0 Å². The fraction of sp³-hybridized carbons (Fsp3) is 0. The predicted molar refractivity (Wildman–Crippen MR) is 67.3 cm³/mol. The molecule has 0 aliphatic rings. The second-order valence-corrected chi connectivity index (χ2v) is 2.80. The zero-order valence-corrected chi connectivity index (χ0v) is 9.44. The van der Waals surface area contributed by atoms with Gasteiger partial charge in [-0.2, -0.15) is 0 Å². The Bertz CT molecular complexity index is 410. The van der Waals surface area contributed by atoms with Gasteiger partial charge in [-0.1, -0.05) is 12.1 Å². The molecule has 0 aliphatic heterocycles. The lowest BCUT2D eigenvalue weighted by molar-refractivity contribution is 1.33. The lowest BCUT2D eigenvalue weighted by Crippen LogP contribution is -1.86. The lowest BCUT2D eigenvalue weighted by Gasteiger charge is -1.97. The molecule has 0 saturated carbocycles. The smallest absolute Gasteiger partial charge is 0.197 e. The summed E-state index contributed by atoms with van der Waals surface area (Å²) in [6.07, 6.45) is 1.70. The van der Waals surface area contributed by atoms with E-state index < -0.39 is 0 Å². The number of hydrogen-bond acceptors (Lipinski definition) is 3. The molecule has 15 heavy (non-hydrogen) atoms. The maximum absolute atomic E-state index is 5.56. The van der Waals surface area contributed by atoms with E-state index in [-0.39, 0.29) is 24.8 Å². The summed E-state index contributed by atoms with van der Waals surface area (Å²) in [6, 6.07) is 7.52. The number of nitrogens with zero attached hydrogens (tertiary/aromatic N) is 1. The third-order valence-corrected chi connectivity index (χ3v) is 1.82. The Balaban J connectivity index is 0.000000980. The quantitative estimate of drug-likeness (QED) is 0.675. The molecule has 5 N–H and O–H groups in total. The van der Waals surface area contributed by atoms with E-state index in [2.05, 4.69) is 9.97 Å². The summed E-state index contributed by atoms with van der Waals surface area (Å²) in [4.78, 5) is 6.84. The summed E-state index contributed by atoms with van der Waals surface area (Å²) in [5.74, 6) is 0.423. The molecule has 82 valence electrons. The van der Waals surface area contributed by atoms with Crippen molar-refractivity contribution in [1.82, 2.24) is 9.97 Å². The minimum absolute atomic E-state index is 0. The number of rotatable bonds is 1. The Morgan fingerprint density at radius 3 is 2.07 bits per heavy atom. The highest BCUT2D eigenvalue weighted by atomic mass is 35.5. The topological polar surface area (TPSA) is 80.7 Å². The Morgan fingerprint density at radius 1 is 1.00 bits per heavy atom. The van der Waals surface area contributed by atoms with Gasteiger partial charge in [-0.05, 0) is 17.7 Å². The third-order valence-electron chi connectivity index (χ3n) is 1.82. The van der Waals surface area contributed by atoms with Gasteiger partial charge in [0.1, 0.15) is 0 Å². The van der Waals surface area contributed by atoms with Gasteiger partial charge in [0, 0.05) is 5.69 Å². The largest absolute Gasteiger partial charge is 0.399 e. The number of anilines is 2. The number of nitrogens with two attached hydrogens (primary N) is 2. The number of H-pyrrole nitrogens is 1. The highest BCUT2D eigenvalue weighted by Gasteiger charge is 1.99. The summed E-state index contributed by atoms with van der Waals surface area (Å²) in [7, 11) is 0. The van der Waals surface area contributed by atoms with Crippen LogP contribution in [0.3, 0.4) is 0 Å². The molecular weight excluding hydrogens is 235 g/mol. The fourth-order valence-electron chi connectivity index (χ4n) is 1.15. The lowest BCUT2D eigenvalue weighted by atomic mass is 10.1. The Morgan fingerprint density at radius 2 is 1.60 bits per heavy atom. The van der Waals surface area contributed by atoms with Gasteiger partial charge in [0.2, 0.25) is 0 Å². The van der Waals surface area contributed by atoms with E-state index in [1.807, 2.05) is 24.3 Å². The van der Waals surface area contributed by atoms with Crippen LogP contribution in [0.1, 0.15) is 0 Å². The zero-order valence-electron chi connectivity index (χ0n) is 7.81. The van der Waals surface area contributed by atoms with Crippen LogP contribution in [0.2, 0.25) is 0 Å². The third kappa shape index (κ3) is 3.04. The molecule has 6 heteroatoms. The van der Waals surface area contributed by atoms with Crippen LogP contribution in [-0.2, 0) is 0 Å². The van der Waals surface area contributed by atoms with E-state index in [0.717, 1.165) is 16.9 Å². The van der Waals surface area contributed by atoms with Crippen molar-refractivity contribution in [2.24, 2.45) is 0 Å². The van der Waals surface area contributed by atoms with Crippen molar-refractivity contribution >= 4 is 36.4 Å². The molecule has 0 amide bonds. The van der Waals surface area contributed by atoms with Crippen LogP contribution in [0, 0.1) is 0 Å². The maximum atomic E-state index is 5.56. The Hall–Kier alpha value is -1.39. The second-order valence-electron chi connectivity index (χ2n) is 2.80. The number of benzene rings is 1. The molecule has 0 saturated heterocycles. The molecule has 0 unspecified atom stereocenters. The molecule has 1 aromatic carbocycles. The highest BCUT2D eigenvalue weighted by Crippen LogP contribution is 2.18. The normalized spacial score (nSPS) is 8.80. The van der Waals surface area contributed by atoms with Crippen molar-refractivity contribution in [2.75, 3.05) is 11.5 Å². The van der Waals surface area contributed by atoms with Gasteiger partial charge in [-0.25, -0.2) is 4.98 Å². The zero-order chi connectivity index (χ0) is 9.26. The molecule has 2 rings (SSSR count). The molecule has 0 spiro atoms. The van der Waals surface area contributed by atoms with Crippen molar-refractivity contribution in [3.63, 3.8) is 0 Å². The summed E-state index contributed by atoms with van der Waals surface area (Å²) < 4.78 is 0. The van der Waals surface area contributed by atoms with Crippen LogP contribution in [0.5, 0.6) is 0 Å². The van der Waals surface area contributed by atoms with Crippen LogP contribution in [0.15, 0.2) is 30.5 Å². The summed E-state index contributed by atoms with van der Waals surface area (Å²) >= 11 is 0. The van der Waals surface area contributed by atoms with E-state index in [4.69, 9.17) is 11.5 Å². The van der Waals surface area contributed by atoms with E-state index in [1.54, 1.807) is 6.20 Å². The average Bonchev–Trinajstić information content (AvgIpc) is 2.53. The van der Waals surface area contributed by atoms with Crippen LogP contribution < -0.4 is 11.5 Å². The molecule has 0 bridgehead atoms. The average molecular weight is 247 g/mol. The minimum Gasteiger partial charge on any atom is -0.399 e. The molecule has 0 atom stereocenters. The summed E-state index contributed by atoms with van der Waals surface area (Å²) in [6.45, 7) is 0. The first-order chi connectivity index (χ1) is 6.25. The molecule has 4 nitrogen and oxygen atoms in total. The van der Waals surface area contributed by atoms with Crippen molar-refractivity contribution in [1.29, 1.82) is 0 Å². The number of aromatic nitrogens is 2. The molecule has 2 aromatic rings. The molecule has 1 heterocycles. The first-order valence-corrected chi connectivity index (χ1v) is 3.92. The Kier molecular flexibility index (Phi) is 4.97. The fourth-order valence-corrected chi connectivity index (χ4v) is 1.15. The molecule has 0 fully saturated rings. The van der Waals surface area contributed by atoms with Crippen LogP contribution >= 0.6 is 24.8 Å². The minimum atomic E-state index is 0. The number of imidazole rings is 1. The van der Waals surface area contributed by atoms with Gasteiger partial charge in [-0.15, -0.1) is 24.8 Å². The monoisotopic (exact) mass is 246 g/mol. The van der Waals surface area contributed by atoms with Crippen molar-refractivity contribution in [2.45, 2.75) is 0 Å². The van der Waals surface area contributed by atoms with Gasteiger partial charge in [0.15, 0.2) is 5.95 Å². The SMILES string of the molecule is Cl.Cl.Nc1ccc(-c2cnc(N)[nH]2)cc1. The van der Waals surface area contributed by atoms with Crippen molar-refractivity contribution < 1.29 is 0 Å². The van der Waals surface area contributed by atoms with Gasteiger partial charge in [0.05, 0.1) is 11.9 Å². The maximum Gasteiger partial charge on any atom is 0.197 e. The van der Waals surface area contributed by atoms with E-state index >= 15 is 0 Å². The predicted octanol–water partition coefficient (Wildman–Crippen LogP) is 2.08.